The van der Waals surface area contributed by atoms with Crippen molar-refractivity contribution in [1.82, 2.24) is 15.1 Å². The first-order chi connectivity index (χ1) is 14.1. The molecule has 1 atom stereocenters. The molecule has 2 aliphatic rings. The highest BCUT2D eigenvalue weighted by Crippen LogP contribution is 2.23. The minimum Gasteiger partial charge on any atom is -0.465 e. The lowest BCUT2D eigenvalue weighted by Crippen LogP contribution is -2.34. The molecule has 1 unspecified atom stereocenters. The van der Waals surface area contributed by atoms with Gasteiger partial charge in [-0.15, -0.1) is 0 Å². The highest BCUT2D eigenvalue weighted by Gasteiger charge is 2.30. The smallest absolute Gasteiger partial charge is 0.341 e. The van der Waals surface area contributed by atoms with Gasteiger partial charge in [0, 0.05) is 18.5 Å². The number of esters is 1. The van der Waals surface area contributed by atoms with Crippen LogP contribution in [0.15, 0.2) is 29.4 Å². The Bertz CT molecular complexity index is 985. The van der Waals surface area contributed by atoms with Gasteiger partial charge in [-0.25, -0.2) is 9.18 Å². The predicted octanol–water partition coefficient (Wildman–Crippen LogP) is 1.95. The van der Waals surface area contributed by atoms with Crippen molar-refractivity contribution in [1.29, 1.82) is 0 Å². The van der Waals surface area contributed by atoms with E-state index >= 15 is 0 Å². The number of aryl methyl sites for hydroxylation is 1. The molecule has 1 aromatic heterocycles. The second-order valence-corrected chi connectivity index (χ2v) is 7.00. The number of halogens is 1. The Morgan fingerprint density at radius 2 is 2.24 bits per heavy atom. The van der Waals surface area contributed by atoms with Gasteiger partial charge in [0.2, 0.25) is 6.10 Å². The minimum absolute atomic E-state index is 0.0818. The van der Waals surface area contributed by atoms with E-state index < -0.39 is 12.1 Å². The van der Waals surface area contributed by atoms with Crippen molar-refractivity contribution < 1.29 is 23.6 Å². The molecule has 0 fully saturated rings. The number of nitrogens with one attached hydrogen (secondary N) is 1. The molecule has 152 valence electrons. The summed E-state index contributed by atoms with van der Waals surface area (Å²) in [5.74, 6) is -1.20. The number of oxime groups is 1. The second kappa shape index (κ2) is 8.02. The number of amides is 1. The maximum atomic E-state index is 13.4. The number of hydrogen-bond acceptors (Lipinski definition) is 6. The molecule has 1 amide bonds. The van der Waals surface area contributed by atoms with Gasteiger partial charge in [-0.05, 0) is 31.4 Å². The fourth-order valence-corrected chi connectivity index (χ4v) is 3.65. The van der Waals surface area contributed by atoms with Crippen LogP contribution in [0, 0.1) is 5.82 Å². The van der Waals surface area contributed by atoms with Crippen molar-refractivity contribution in [3.05, 3.63) is 52.6 Å². The number of carbonyl (C=O) groups excluding carboxylic acids is 2. The van der Waals surface area contributed by atoms with Gasteiger partial charge in [0.15, 0.2) is 0 Å². The average Bonchev–Trinajstić information content (AvgIpc) is 3.36. The molecule has 29 heavy (non-hydrogen) atoms. The first kappa shape index (κ1) is 19.1. The van der Waals surface area contributed by atoms with Gasteiger partial charge in [0.05, 0.1) is 30.8 Å². The van der Waals surface area contributed by atoms with Crippen LogP contribution < -0.4 is 5.32 Å². The Kier molecular flexibility index (Phi) is 5.28. The van der Waals surface area contributed by atoms with E-state index in [0.717, 1.165) is 31.5 Å². The number of hydrogen-bond donors (Lipinski definition) is 1. The van der Waals surface area contributed by atoms with Crippen LogP contribution in [0.2, 0.25) is 0 Å². The first-order valence-corrected chi connectivity index (χ1v) is 9.50. The monoisotopic (exact) mass is 400 g/mol. The molecule has 2 aliphatic heterocycles. The Morgan fingerprint density at radius 3 is 3.03 bits per heavy atom. The average molecular weight is 400 g/mol. The third-order valence-corrected chi connectivity index (χ3v) is 5.10. The molecule has 9 heteroatoms. The van der Waals surface area contributed by atoms with Crippen molar-refractivity contribution in [2.45, 2.75) is 44.9 Å². The fourth-order valence-electron chi connectivity index (χ4n) is 3.65. The predicted molar refractivity (Wildman–Crippen MR) is 101 cm³/mol. The normalized spacial score (nSPS) is 17.9. The topological polar surface area (TPSA) is 94.8 Å². The molecule has 4 rings (SSSR count). The number of methoxy groups -OCH3 is 1. The molecule has 1 aromatic carbocycles. The van der Waals surface area contributed by atoms with E-state index in [4.69, 9.17) is 9.57 Å². The number of rotatable bonds is 5. The van der Waals surface area contributed by atoms with Gasteiger partial charge in [0.1, 0.15) is 11.4 Å². The van der Waals surface area contributed by atoms with Crippen LogP contribution >= 0.6 is 0 Å². The SMILES string of the molecule is COC(=O)c1c(CNC(=O)C2CC(c3cccc(F)c3)=NO2)nn2c1CCCC2. The lowest BCUT2D eigenvalue weighted by Gasteiger charge is -2.13. The van der Waals surface area contributed by atoms with E-state index in [1.165, 1.54) is 19.2 Å². The maximum Gasteiger partial charge on any atom is 0.341 e. The Labute approximate surface area is 166 Å². The van der Waals surface area contributed by atoms with E-state index in [2.05, 4.69) is 15.6 Å². The molecule has 0 saturated carbocycles. The number of carbonyl (C=O) groups is 2. The van der Waals surface area contributed by atoms with Crippen molar-refractivity contribution in [3.8, 4) is 0 Å². The van der Waals surface area contributed by atoms with Crippen LogP contribution in [0.1, 0.15) is 46.6 Å². The fraction of sp³-hybridized carbons (Fsp3) is 0.400. The summed E-state index contributed by atoms with van der Waals surface area (Å²) in [6.07, 6.45) is 2.15. The van der Waals surface area contributed by atoms with Crippen LogP contribution in [-0.4, -0.2) is 40.6 Å². The van der Waals surface area contributed by atoms with Crippen LogP contribution in [0.4, 0.5) is 4.39 Å². The summed E-state index contributed by atoms with van der Waals surface area (Å²) >= 11 is 0. The van der Waals surface area contributed by atoms with Crippen LogP contribution in [0.3, 0.4) is 0 Å². The van der Waals surface area contributed by atoms with E-state index in [9.17, 15) is 14.0 Å². The molecule has 1 N–H and O–H groups in total. The molecule has 0 radical (unpaired) electrons. The molecule has 0 bridgehead atoms. The maximum absolute atomic E-state index is 13.4. The largest absolute Gasteiger partial charge is 0.465 e. The molecule has 3 heterocycles. The third kappa shape index (κ3) is 3.85. The van der Waals surface area contributed by atoms with Gasteiger partial charge in [-0.3, -0.25) is 9.48 Å². The zero-order chi connectivity index (χ0) is 20.4. The summed E-state index contributed by atoms with van der Waals surface area (Å²) in [4.78, 5) is 30.0. The number of benzene rings is 1. The van der Waals surface area contributed by atoms with Gasteiger partial charge in [-0.2, -0.15) is 5.10 Å². The molecule has 2 aromatic rings. The summed E-state index contributed by atoms with van der Waals surface area (Å²) in [7, 11) is 1.33. The Balaban J connectivity index is 1.42. The lowest BCUT2D eigenvalue weighted by atomic mass is 10.0. The van der Waals surface area contributed by atoms with Crippen molar-refractivity contribution in [3.63, 3.8) is 0 Å². The Hall–Kier alpha value is -3.23. The van der Waals surface area contributed by atoms with Gasteiger partial charge in [0.25, 0.3) is 5.91 Å². The summed E-state index contributed by atoms with van der Waals surface area (Å²) in [5, 5.41) is 11.2. The number of fused-ring (bicyclic) bond motifs is 1. The number of ether oxygens (including phenoxy) is 1. The van der Waals surface area contributed by atoms with Crippen LogP contribution in [-0.2, 0) is 33.9 Å². The van der Waals surface area contributed by atoms with Gasteiger partial charge in [-0.1, -0.05) is 17.3 Å². The van der Waals surface area contributed by atoms with Crippen LogP contribution in [0.5, 0.6) is 0 Å². The zero-order valence-electron chi connectivity index (χ0n) is 16.0. The minimum atomic E-state index is -0.813. The summed E-state index contributed by atoms with van der Waals surface area (Å²) in [6, 6.07) is 5.98. The van der Waals surface area contributed by atoms with E-state index in [0.29, 0.717) is 22.5 Å². The van der Waals surface area contributed by atoms with Crippen molar-refractivity contribution in [2.75, 3.05) is 7.11 Å². The standard InChI is InChI=1S/C20H21FN4O4/c1-28-20(27)18-15(23-25-8-3-2-7-16(18)25)11-22-19(26)17-10-14(24-29-17)12-5-4-6-13(21)9-12/h4-6,9,17H,2-3,7-8,10-11H2,1H3,(H,22,26). The first-order valence-electron chi connectivity index (χ1n) is 9.50. The van der Waals surface area contributed by atoms with Crippen LogP contribution in [0.25, 0.3) is 0 Å². The quantitative estimate of drug-likeness (QED) is 0.775. The highest BCUT2D eigenvalue weighted by molar-refractivity contribution is 6.04. The van der Waals surface area contributed by atoms with Crippen molar-refractivity contribution >= 4 is 17.6 Å². The van der Waals surface area contributed by atoms with Gasteiger partial charge < -0.3 is 14.9 Å². The Morgan fingerprint density at radius 1 is 1.38 bits per heavy atom. The summed E-state index contributed by atoms with van der Waals surface area (Å²) < 4.78 is 20.1. The molecule has 8 nitrogen and oxygen atoms in total. The lowest BCUT2D eigenvalue weighted by molar-refractivity contribution is -0.131. The number of nitrogens with zero attached hydrogens (tertiary/aromatic N) is 3. The molecular formula is C20H21FN4O4. The second-order valence-electron chi connectivity index (χ2n) is 7.00. The summed E-state index contributed by atoms with van der Waals surface area (Å²) in [5.41, 5.74) is 2.84. The van der Waals surface area contributed by atoms with Crippen molar-refractivity contribution in [2.24, 2.45) is 5.16 Å². The third-order valence-electron chi connectivity index (χ3n) is 5.10. The molecule has 0 saturated heterocycles. The molecular weight excluding hydrogens is 379 g/mol. The number of aromatic nitrogens is 2. The van der Waals surface area contributed by atoms with Gasteiger partial charge >= 0.3 is 5.97 Å². The highest BCUT2D eigenvalue weighted by atomic mass is 19.1. The van der Waals surface area contributed by atoms with E-state index in [1.54, 1.807) is 12.1 Å². The summed E-state index contributed by atoms with van der Waals surface area (Å²) in [6.45, 7) is 0.822. The molecule has 0 spiro atoms. The molecule has 0 aliphatic carbocycles. The zero-order valence-corrected chi connectivity index (χ0v) is 16.0. The van der Waals surface area contributed by atoms with E-state index in [-0.39, 0.29) is 24.7 Å². The van der Waals surface area contributed by atoms with E-state index in [1.807, 2.05) is 4.68 Å².